The van der Waals surface area contributed by atoms with Crippen LogP contribution in [0.15, 0.2) is 0 Å². The number of aliphatic hydroxyl groups excluding tert-OH is 1. The average molecular weight is 269 g/mol. The molecular formula is C11H18F3NO3. The van der Waals surface area contributed by atoms with E-state index in [1.807, 2.05) is 0 Å². The number of ether oxygens (including phenoxy) is 1. The second-order valence-electron chi connectivity index (χ2n) is 4.72. The molecule has 0 radical (unpaired) electrons. The lowest BCUT2D eigenvalue weighted by molar-refractivity contribution is -0.221. The van der Waals surface area contributed by atoms with Crippen LogP contribution in [0, 0.1) is 5.92 Å². The molecule has 0 aromatic carbocycles. The minimum Gasteiger partial charge on any atom is -0.468 e. The first kappa shape index (κ1) is 15.2. The normalized spacial score (nSPS) is 31.4. The molecule has 0 bridgehead atoms. The molecule has 1 N–H and O–H groups in total. The predicted molar refractivity (Wildman–Crippen MR) is 57.8 cm³/mol. The topological polar surface area (TPSA) is 49.8 Å². The summed E-state index contributed by atoms with van der Waals surface area (Å²) in [7, 11) is 1.23. The number of nitrogens with zero attached hydrogens (tertiary/aromatic N) is 1. The summed E-state index contributed by atoms with van der Waals surface area (Å²) in [6.45, 7) is 3.27. The maximum atomic E-state index is 12.5. The number of carbonyl (C=O) groups is 1. The molecule has 1 aliphatic heterocycles. The smallest absolute Gasteiger partial charge is 0.414 e. The van der Waals surface area contributed by atoms with E-state index in [0.717, 1.165) is 0 Å². The molecule has 1 saturated heterocycles. The van der Waals surface area contributed by atoms with E-state index in [4.69, 9.17) is 0 Å². The monoisotopic (exact) mass is 269 g/mol. The molecule has 1 rings (SSSR count). The highest BCUT2D eigenvalue weighted by molar-refractivity contribution is 5.71. The van der Waals surface area contributed by atoms with Gasteiger partial charge in [0.25, 0.3) is 0 Å². The van der Waals surface area contributed by atoms with E-state index in [9.17, 15) is 23.1 Å². The van der Waals surface area contributed by atoms with Crippen molar-refractivity contribution in [3.63, 3.8) is 0 Å². The van der Waals surface area contributed by atoms with Gasteiger partial charge in [-0.2, -0.15) is 13.2 Å². The van der Waals surface area contributed by atoms with Gasteiger partial charge in [0.1, 0.15) is 0 Å². The lowest BCUT2D eigenvalue weighted by Crippen LogP contribution is -2.44. The van der Waals surface area contributed by atoms with Crippen LogP contribution in [0.3, 0.4) is 0 Å². The Bertz CT molecular complexity index is 308. The van der Waals surface area contributed by atoms with Gasteiger partial charge in [0, 0.05) is 18.0 Å². The van der Waals surface area contributed by atoms with Gasteiger partial charge in [-0.05, 0) is 20.3 Å². The third-order valence-electron chi connectivity index (χ3n) is 3.60. The van der Waals surface area contributed by atoms with Crippen molar-refractivity contribution in [2.24, 2.45) is 5.92 Å². The molecule has 0 amide bonds. The second-order valence-corrected chi connectivity index (χ2v) is 4.72. The molecule has 1 fully saturated rings. The first-order valence-corrected chi connectivity index (χ1v) is 5.75. The molecule has 1 aliphatic rings. The molecule has 4 nitrogen and oxygen atoms in total. The van der Waals surface area contributed by atoms with Gasteiger partial charge < -0.3 is 9.84 Å². The molecule has 4 unspecified atom stereocenters. The van der Waals surface area contributed by atoms with Crippen LogP contribution in [0.2, 0.25) is 0 Å². The lowest BCUT2D eigenvalue weighted by atomic mass is 9.93. The van der Waals surface area contributed by atoms with Gasteiger partial charge in [0.05, 0.1) is 13.7 Å². The Morgan fingerprint density at radius 3 is 2.50 bits per heavy atom. The summed E-state index contributed by atoms with van der Waals surface area (Å²) in [5.41, 5.74) is 0. The Morgan fingerprint density at radius 2 is 2.06 bits per heavy atom. The molecule has 0 aliphatic carbocycles. The molecule has 7 heteroatoms. The molecule has 0 aromatic heterocycles. The van der Waals surface area contributed by atoms with Gasteiger partial charge in [0.15, 0.2) is 6.10 Å². The van der Waals surface area contributed by atoms with Gasteiger partial charge in [-0.1, -0.05) is 0 Å². The highest BCUT2D eigenvalue weighted by Gasteiger charge is 2.50. The summed E-state index contributed by atoms with van der Waals surface area (Å²) in [5, 5.41) is 9.31. The molecule has 4 atom stereocenters. The number of rotatable bonds is 3. The molecule has 0 aromatic rings. The Morgan fingerprint density at radius 1 is 1.50 bits per heavy atom. The van der Waals surface area contributed by atoms with Crippen molar-refractivity contribution in [2.75, 3.05) is 13.7 Å². The number of halogens is 3. The fraction of sp³-hybridized carbons (Fsp3) is 0.909. The summed E-state index contributed by atoms with van der Waals surface area (Å²) in [4.78, 5) is 12.8. The summed E-state index contributed by atoms with van der Waals surface area (Å²) in [6, 6.07) is -0.711. The Labute approximate surface area is 104 Å². The lowest BCUT2D eigenvalue weighted by Gasteiger charge is -2.28. The van der Waals surface area contributed by atoms with E-state index in [-0.39, 0.29) is 19.0 Å². The van der Waals surface area contributed by atoms with Crippen molar-refractivity contribution < 1.29 is 27.8 Å². The van der Waals surface area contributed by atoms with Crippen LogP contribution in [-0.4, -0.2) is 54.0 Å². The molecule has 18 heavy (non-hydrogen) atoms. The minimum atomic E-state index is -4.63. The number of methoxy groups -OCH3 is 1. The molecular weight excluding hydrogens is 251 g/mol. The van der Waals surface area contributed by atoms with Crippen LogP contribution >= 0.6 is 0 Å². The van der Waals surface area contributed by atoms with E-state index >= 15 is 0 Å². The molecule has 0 spiro atoms. The fourth-order valence-electron chi connectivity index (χ4n) is 2.52. The maximum Gasteiger partial charge on any atom is 0.414 e. The maximum absolute atomic E-state index is 12.5. The van der Waals surface area contributed by atoms with Crippen molar-refractivity contribution in [3.05, 3.63) is 0 Å². The molecule has 0 saturated carbocycles. The van der Waals surface area contributed by atoms with Gasteiger partial charge in [-0.25, -0.2) is 0 Å². The van der Waals surface area contributed by atoms with E-state index in [1.54, 1.807) is 18.7 Å². The average Bonchev–Trinajstić information content (AvgIpc) is 2.54. The first-order valence-electron chi connectivity index (χ1n) is 5.75. The number of hydrogen-bond acceptors (Lipinski definition) is 4. The van der Waals surface area contributed by atoms with Gasteiger partial charge in [-0.3, -0.25) is 9.69 Å². The molecule has 106 valence electrons. The second kappa shape index (κ2) is 5.44. The number of hydrogen-bond donors (Lipinski definition) is 1. The largest absolute Gasteiger partial charge is 0.468 e. The number of carbonyl (C=O) groups excluding carboxylic acids is 1. The van der Waals surface area contributed by atoms with Gasteiger partial charge in [-0.15, -0.1) is 0 Å². The standard InChI is InChI=1S/C11H18F3NO3/c1-6-4-8(10(17)11(12,13)14)7(2)15(6)5-9(16)18-3/h6-8,10,17H,4-5H2,1-3H3. The zero-order chi connectivity index (χ0) is 14.1. The Kier molecular flexibility index (Phi) is 4.61. The minimum absolute atomic E-state index is 0.0556. The summed E-state index contributed by atoms with van der Waals surface area (Å²) in [6.07, 6.45) is -6.77. The van der Waals surface area contributed by atoms with Crippen molar-refractivity contribution in [1.82, 2.24) is 4.90 Å². The summed E-state index contributed by atoms with van der Waals surface area (Å²) >= 11 is 0. The zero-order valence-electron chi connectivity index (χ0n) is 10.6. The van der Waals surface area contributed by atoms with Crippen LogP contribution < -0.4 is 0 Å². The summed E-state index contributed by atoms with van der Waals surface area (Å²) < 4.78 is 42.0. The van der Waals surface area contributed by atoms with Crippen LogP contribution in [0.5, 0.6) is 0 Å². The van der Waals surface area contributed by atoms with Crippen molar-refractivity contribution in [3.8, 4) is 0 Å². The zero-order valence-corrected chi connectivity index (χ0v) is 10.6. The van der Waals surface area contributed by atoms with Gasteiger partial charge in [0.2, 0.25) is 0 Å². The predicted octanol–water partition coefficient (Wildman–Crippen LogP) is 1.18. The van der Waals surface area contributed by atoms with E-state index in [1.165, 1.54) is 7.11 Å². The van der Waals surface area contributed by atoms with Crippen LogP contribution in [0.25, 0.3) is 0 Å². The number of alkyl halides is 3. The summed E-state index contributed by atoms with van der Waals surface area (Å²) in [5.74, 6) is -1.40. The Balaban J connectivity index is 2.74. The highest BCUT2D eigenvalue weighted by atomic mass is 19.4. The van der Waals surface area contributed by atoms with Crippen molar-refractivity contribution in [2.45, 2.75) is 44.6 Å². The quantitative estimate of drug-likeness (QED) is 0.782. The van der Waals surface area contributed by atoms with Crippen molar-refractivity contribution in [1.29, 1.82) is 0 Å². The first-order chi connectivity index (χ1) is 8.18. The van der Waals surface area contributed by atoms with Crippen LogP contribution in [0.4, 0.5) is 13.2 Å². The number of aliphatic hydroxyl groups is 1. The third-order valence-corrected chi connectivity index (χ3v) is 3.60. The number of likely N-dealkylation sites (tertiary alicyclic amines) is 1. The Hall–Kier alpha value is -0.820. The van der Waals surface area contributed by atoms with E-state index < -0.39 is 30.2 Å². The third kappa shape index (κ3) is 3.14. The highest BCUT2D eigenvalue weighted by Crippen LogP contribution is 2.37. The van der Waals surface area contributed by atoms with Crippen molar-refractivity contribution >= 4 is 5.97 Å². The number of esters is 1. The van der Waals surface area contributed by atoms with Crippen LogP contribution in [0.1, 0.15) is 20.3 Å². The van der Waals surface area contributed by atoms with Crippen LogP contribution in [-0.2, 0) is 9.53 Å². The molecule has 1 heterocycles. The SMILES string of the molecule is COC(=O)CN1C(C)CC(C(O)C(F)(F)F)C1C. The van der Waals surface area contributed by atoms with E-state index in [0.29, 0.717) is 0 Å². The van der Waals surface area contributed by atoms with E-state index in [2.05, 4.69) is 4.74 Å². The van der Waals surface area contributed by atoms with Gasteiger partial charge >= 0.3 is 12.1 Å². The fourth-order valence-corrected chi connectivity index (χ4v) is 2.52.